The second-order valence-electron chi connectivity index (χ2n) is 6.35. The van der Waals surface area contributed by atoms with Gasteiger partial charge in [0.25, 0.3) is 5.91 Å². The molecule has 24 heavy (non-hydrogen) atoms. The maximum atomic E-state index is 12.5. The minimum Gasteiger partial charge on any atom is -0.478 e. The number of aromatic nitrogens is 2. The van der Waals surface area contributed by atoms with Gasteiger partial charge in [-0.2, -0.15) is 4.98 Å². The van der Waals surface area contributed by atoms with Crippen LogP contribution < -0.4 is 5.32 Å². The molecule has 1 aromatic heterocycles. The van der Waals surface area contributed by atoms with E-state index in [-0.39, 0.29) is 23.0 Å². The van der Waals surface area contributed by atoms with Crippen LogP contribution in [0.5, 0.6) is 0 Å². The van der Waals surface area contributed by atoms with Crippen molar-refractivity contribution in [2.24, 2.45) is 5.92 Å². The number of nitrogens with zero attached hydrogens (tertiary/aromatic N) is 2. The third-order valence-corrected chi connectivity index (χ3v) is 3.99. The van der Waals surface area contributed by atoms with E-state index < -0.39 is 12.0 Å². The van der Waals surface area contributed by atoms with Crippen LogP contribution in [0.4, 0.5) is 0 Å². The Kier molecular flexibility index (Phi) is 4.33. The quantitative estimate of drug-likeness (QED) is 0.844. The van der Waals surface area contributed by atoms with Crippen molar-refractivity contribution in [1.82, 2.24) is 15.5 Å². The van der Waals surface area contributed by atoms with Crippen LogP contribution in [0.25, 0.3) is 0 Å². The number of hydrogen-bond donors (Lipinski definition) is 2. The average molecular weight is 329 g/mol. The predicted molar refractivity (Wildman–Crippen MR) is 84.7 cm³/mol. The first-order chi connectivity index (χ1) is 11.5. The van der Waals surface area contributed by atoms with E-state index in [1.807, 2.05) is 13.8 Å². The van der Waals surface area contributed by atoms with Gasteiger partial charge in [0.2, 0.25) is 5.89 Å². The Morgan fingerprint density at radius 2 is 2.00 bits per heavy atom. The SMILES string of the molecule is CC(C)[C@H](NC(=O)c1cccc(C(=O)O)c1)c1nc(C2CC2)no1. The van der Waals surface area contributed by atoms with Crippen molar-refractivity contribution in [2.75, 3.05) is 0 Å². The standard InChI is InChI=1S/C17H19N3O4/c1-9(2)13(16-19-14(20-24-16)10-6-7-10)18-15(21)11-4-3-5-12(8-11)17(22)23/h3-5,8-10,13H,6-7H2,1-2H3,(H,18,21)(H,22,23)/t13-/m0/s1. The molecule has 1 heterocycles. The van der Waals surface area contributed by atoms with Crippen LogP contribution in [0.15, 0.2) is 28.8 Å². The van der Waals surface area contributed by atoms with Crippen molar-refractivity contribution in [3.8, 4) is 0 Å². The lowest BCUT2D eigenvalue weighted by Crippen LogP contribution is -2.32. The van der Waals surface area contributed by atoms with Crippen molar-refractivity contribution in [3.05, 3.63) is 47.1 Å². The minimum atomic E-state index is -1.07. The van der Waals surface area contributed by atoms with Crippen molar-refractivity contribution < 1.29 is 19.2 Å². The molecule has 126 valence electrons. The Hall–Kier alpha value is -2.70. The smallest absolute Gasteiger partial charge is 0.335 e. The molecule has 1 saturated carbocycles. The molecule has 0 bridgehead atoms. The molecule has 0 saturated heterocycles. The first-order valence-electron chi connectivity index (χ1n) is 7.93. The molecule has 0 aliphatic heterocycles. The summed E-state index contributed by atoms with van der Waals surface area (Å²) < 4.78 is 5.32. The first kappa shape index (κ1) is 16.2. The highest BCUT2D eigenvalue weighted by Crippen LogP contribution is 2.38. The number of carbonyl (C=O) groups is 2. The summed E-state index contributed by atoms with van der Waals surface area (Å²) in [6, 6.07) is 5.48. The highest BCUT2D eigenvalue weighted by molar-refractivity contribution is 5.97. The number of carbonyl (C=O) groups excluding carboxylic acids is 1. The number of nitrogens with one attached hydrogen (secondary N) is 1. The summed E-state index contributed by atoms with van der Waals surface area (Å²) in [5, 5.41) is 15.9. The molecule has 3 rings (SSSR count). The van der Waals surface area contributed by atoms with Gasteiger partial charge in [0, 0.05) is 11.5 Å². The van der Waals surface area contributed by atoms with Gasteiger partial charge in [-0.15, -0.1) is 0 Å². The lowest BCUT2D eigenvalue weighted by atomic mass is 10.0. The molecule has 0 radical (unpaired) electrons. The number of aromatic carboxylic acids is 1. The van der Waals surface area contributed by atoms with Crippen LogP contribution in [0.2, 0.25) is 0 Å². The van der Waals surface area contributed by atoms with Crippen molar-refractivity contribution >= 4 is 11.9 Å². The molecule has 0 unspecified atom stereocenters. The summed E-state index contributed by atoms with van der Waals surface area (Å²) in [5.41, 5.74) is 0.347. The fourth-order valence-corrected chi connectivity index (χ4v) is 2.41. The van der Waals surface area contributed by atoms with Crippen molar-refractivity contribution in [3.63, 3.8) is 0 Å². The number of amides is 1. The molecule has 2 N–H and O–H groups in total. The fraction of sp³-hybridized carbons (Fsp3) is 0.412. The number of carboxylic acid groups (broad SMARTS) is 1. The van der Waals surface area contributed by atoms with Crippen LogP contribution in [0.3, 0.4) is 0 Å². The first-order valence-corrected chi connectivity index (χ1v) is 7.93. The normalized spacial score (nSPS) is 15.3. The van der Waals surface area contributed by atoms with Gasteiger partial charge >= 0.3 is 5.97 Å². The number of carboxylic acids is 1. The lowest BCUT2D eigenvalue weighted by molar-refractivity contribution is 0.0697. The highest BCUT2D eigenvalue weighted by atomic mass is 16.5. The van der Waals surface area contributed by atoms with E-state index in [1.165, 1.54) is 12.1 Å². The molecule has 1 amide bonds. The number of rotatable bonds is 6. The molecular weight excluding hydrogens is 310 g/mol. The summed E-state index contributed by atoms with van der Waals surface area (Å²) in [6.07, 6.45) is 2.14. The third kappa shape index (κ3) is 3.45. The van der Waals surface area contributed by atoms with Gasteiger partial charge in [0.15, 0.2) is 5.82 Å². The highest BCUT2D eigenvalue weighted by Gasteiger charge is 2.31. The van der Waals surface area contributed by atoms with Gasteiger partial charge in [-0.25, -0.2) is 4.79 Å². The third-order valence-electron chi connectivity index (χ3n) is 3.99. The van der Waals surface area contributed by atoms with Crippen molar-refractivity contribution in [2.45, 2.75) is 38.6 Å². The van der Waals surface area contributed by atoms with Gasteiger partial charge in [-0.1, -0.05) is 25.1 Å². The van der Waals surface area contributed by atoms with Gasteiger partial charge in [0.05, 0.1) is 5.56 Å². The monoisotopic (exact) mass is 329 g/mol. The Bertz CT molecular complexity index is 765. The molecule has 1 aliphatic rings. The molecule has 1 atom stereocenters. The fourth-order valence-electron chi connectivity index (χ4n) is 2.41. The van der Waals surface area contributed by atoms with E-state index >= 15 is 0 Å². The molecule has 2 aromatic rings. The van der Waals surface area contributed by atoms with Gasteiger partial charge in [0.1, 0.15) is 6.04 Å². The minimum absolute atomic E-state index is 0.0455. The zero-order valence-electron chi connectivity index (χ0n) is 13.5. The van der Waals surface area contributed by atoms with E-state index in [1.54, 1.807) is 12.1 Å². The second-order valence-corrected chi connectivity index (χ2v) is 6.35. The maximum Gasteiger partial charge on any atom is 0.335 e. The largest absolute Gasteiger partial charge is 0.478 e. The summed E-state index contributed by atoms with van der Waals surface area (Å²) in [6.45, 7) is 3.89. The average Bonchev–Trinajstić information content (AvgIpc) is 3.30. The van der Waals surface area contributed by atoms with Crippen LogP contribution in [0, 0.1) is 5.92 Å². The topological polar surface area (TPSA) is 105 Å². The second kappa shape index (κ2) is 6.43. The van der Waals surface area contributed by atoms with Crippen molar-refractivity contribution in [1.29, 1.82) is 0 Å². The molecule has 1 fully saturated rings. The van der Waals surface area contributed by atoms with E-state index in [9.17, 15) is 9.59 Å². The Balaban J connectivity index is 1.78. The van der Waals surface area contributed by atoms with Crippen LogP contribution >= 0.6 is 0 Å². The maximum absolute atomic E-state index is 12.5. The number of benzene rings is 1. The molecule has 1 aliphatic carbocycles. The van der Waals surface area contributed by atoms with Crippen LogP contribution in [-0.4, -0.2) is 27.1 Å². The summed E-state index contributed by atoms with van der Waals surface area (Å²) in [5.74, 6) is 0.0498. The van der Waals surface area contributed by atoms with Crippen LogP contribution in [0.1, 0.15) is 71.1 Å². The Morgan fingerprint density at radius 3 is 2.62 bits per heavy atom. The van der Waals surface area contributed by atoms with Gasteiger partial charge in [-0.05, 0) is 37.0 Å². The van der Waals surface area contributed by atoms with Crippen LogP contribution in [-0.2, 0) is 0 Å². The molecule has 7 nitrogen and oxygen atoms in total. The Labute approximate surface area is 139 Å². The zero-order valence-corrected chi connectivity index (χ0v) is 13.5. The van der Waals surface area contributed by atoms with E-state index in [0.29, 0.717) is 17.6 Å². The van der Waals surface area contributed by atoms with E-state index in [0.717, 1.165) is 12.8 Å². The molecular formula is C17H19N3O4. The molecule has 0 spiro atoms. The van der Waals surface area contributed by atoms with Gasteiger partial charge in [-0.3, -0.25) is 4.79 Å². The molecule has 7 heteroatoms. The summed E-state index contributed by atoms with van der Waals surface area (Å²) >= 11 is 0. The van der Waals surface area contributed by atoms with Gasteiger partial charge < -0.3 is 14.9 Å². The van der Waals surface area contributed by atoms with E-state index in [4.69, 9.17) is 9.63 Å². The lowest BCUT2D eigenvalue weighted by Gasteiger charge is -2.18. The van der Waals surface area contributed by atoms with E-state index in [2.05, 4.69) is 15.5 Å². The summed E-state index contributed by atoms with van der Waals surface area (Å²) in [4.78, 5) is 27.9. The Morgan fingerprint density at radius 1 is 1.29 bits per heavy atom. The molecule has 1 aromatic carbocycles. The predicted octanol–water partition coefficient (Wildman–Crippen LogP) is 2.77. The zero-order chi connectivity index (χ0) is 17.3. The summed E-state index contributed by atoms with van der Waals surface area (Å²) in [7, 11) is 0. The number of hydrogen-bond acceptors (Lipinski definition) is 5.